The molecule has 0 aliphatic heterocycles. The Morgan fingerprint density at radius 3 is 2.44 bits per heavy atom. The number of carbonyl (C=O) groups excluding carboxylic acids is 1. The van der Waals surface area contributed by atoms with Crippen LogP contribution in [0.1, 0.15) is 36.0 Å². The van der Waals surface area contributed by atoms with Crippen molar-refractivity contribution in [2.75, 3.05) is 13.6 Å². The summed E-state index contributed by atoms with van der Waals surface area (Å²) in [4.78, 5) is 14.6. The van der Waals surface area contributed by atoms with Crippen LogP contribution < -0.4 is 0 Å². The Morgan fingerprint density at radius 2 is 1.89 bits per heavy atom. The minimum atomic E-state index is -0.687. The molecule has 0 atom stereocenters. The van der Waals surface area contributed by atoms with E-state index in [0.29, 0.717) is 12.1 Å². The largest absolute Gasteiger partial charge is 0.388 e. The molecule has 1 aromatic rings. The zero-order valence-corrected chi connectivity index (χ0v) is 11.5. The zero-order chi connectivity index (χ0) is 13.2. The van der Waals surface area contributed by atoms with Crippen molar-refractivity contribution in [2.45, 2.75) is 36.2 Å². The van der Waals surface area contributed by atoms with E-state index in [2.05, 4.69) is 12.6 Å². The fourth-order valence-corrected chi connectivity index (χ4v) is 2.68. The van der Waals surface area contributed by atoms with Crippen molar-refractivity contribution in [2.24, 2.45) is 0 Å². The Balaban J connectivity index is 2.02. The zero-order valence-electron chi connectivity index (χ0n) is 10.6. The van der Waals surface area contributed by atoms with Crippen molar-refractivity contribution < 1.29 is 9.90 Å². The predicted octanol–water partition coefficient (Wildman–Crippen LogP) is 2.35. The molecule has 98 valence electrons. The lowest BCUT2D eigenvalue weighted by Crippen LogP contribution is -2.42. The van der Waals surface area contributed by atoms with Crippen molar-refractivity contribution in [3.63, 3.8) is 0 Å². The number of hydrogen-bond donors (Lipinski definition) is 2. The van der Waals surface area contributed by atoms with Gasteiger partial charge < -0.3 is 10.0 Å². The first-order chi connectivity index (χ1) is 8.50. The summed E-state index contributed by atoms with van der Waals surface area (Å²) >= 11 is 4.19. The monoisotopic (exact) mass is 265 g/mol. The Labute approximate surface area is 113 Å². The number of amides is 1. The van der Waals surface area contributed by atoms with E-state index in [1.165, 1.54) is 0 Å². The van der Waals surface area contributed by atoms with Gasteiger partial charge in [0.2, 0.25) is 0 Å². The highest BCUT2D eigenvalue weighted by molar-refractivity contribution is 7.80. The fourth-order valence-electron chi connectivity index (χ4n) is 2.53. The molecule has 0 bridgehead atoms. The summed E-state index contributed by atoms with van der Waals surface area (Å²) in [6.07, 6.45) is 3.68. The average Bonchev–Trinajstić information content (AvgIpc) is 2.76. The first-order valence-corrected chi connectivity index (χ1v) is 6.72. The minimum Gasteiger partial charge on any atom is -0.388 e. The molecule has 4 heteroatoms. The summed E-state index contributed by atoms with van der Waals surface area (Å²) in [6, 6.07) is 7.13. The van der Waals surface area contributed by atoms with E-state index in [-0.39, 0.29) is 5.91 Å². The highest BCUT2D eigenvalue weighted by atomic mass is 32.1. The molecular formula is C14H19NO2S. The SMILES string of the molecule is CN(CC1(O)CCCC1)C(=O)c1ccc(S)cc1. The third kappa shape index (κ3) is 3.06. The number of likely N-dealkylation sites (N-methyl/N-ethyl adjacent to an activating group) is 1. The molecule has 1 aromatic carbocycles. The van der Waals surface area contributed by atoms with Crippen LogP contribution in [0.3, 0.4) is 0 Å². The number of rotatable bonds is 3. The molecule has 0 radical (unpaired) electrons. The number of hydrogen-bond acceptors (Lipinski definition) is 3. The topological polar surface area (TPSA) is 40.5 Å². The van der Waals surface area contributed by atoms with Crippen LogP contribution in [-0.4, -0.2) is 35.1 Å². The molecule has 1 amide bonds. The lowest BCUT2D eigenvalue weighted by atomic mass is 10.0. The molecule has 1 saturated carbocycles. The van der Waals surface area contributed by atoms with Gasteiger partial charge in [-0.15, -0.1) is 12.6 Å². The van der Waals surface area contributed by atoms with E-state index in [4.69, 9.17) is 0 Å². The Kier molecular flexibility index (Phi) is 3.97. The maximum atomic E-state index is 12.2. The summed E-state index contributed by atoms with van der Waals surface area (Å²) in [6.45, 7) is 0.411. The predicted molar refractivity (Wildman–Crippen MR) is 74.1 cm³/mol. The van der Waals surface area contributed by atoms with Crippen LogP contribution >= 0.6 is 12.6 Å². The second-order valence-corrected chi connectivity index (χ2v) is 5.66. The third-order valence-corrected chi connectivity index (χ3v) is 3.82. The van der Waals surface area contributed by atoms with E-state index < -0.39 is 5.60 Å². The van der Waals surface area contributed by atoms with Crippen molar-refractivity contribution in [3.8, 4) is 0 Å². The molecule has 1 N–H and O–H groups in total. The van der Waals surface area contributed by atoms with Gasteiger partial charge in [-0.2, -0.15) is 0 Å². The molecule has 1 aliphatic carbocycles. The van der Waals surface area contributed by atoms with Gasteiger partial charge in [-0.3, -0.25) is 4.79 Å². The highest BCUT2D eigenvalue weighted by Crippen LogP contribution is 2.30. The van der Waals surface area contributed by atoms with Crippen LogP contribution in [0.2, 0.25) is 0 Å². The molecule has 2 rings (SSSR count). The van der Waals surface area contributed by atoms with Crippen molar-refractivity contribution in [3.05, 3.63) is 29.8 Å². The maximum Gasteiger partial charge on any atom is 0.253 e. The third-order valence-electron chi connectivity index (χ3n) is 3.53. The maximum absolute atomic E-state index is 12.2. The molecule has 1 aliphatic rings. The van der Waals surface area contributed by atoms with Crippen molar-refractivity contribution >= 4 is 18.5 Å². The molecular weight excluding hydrogens is 246 g/mol. The normalized spacial score (nSPS) is 17.7. The lowest BCUT2D eigenvalue weighted by molar-refractivity contribution is 0.0157. The average molecular weight is 265 g/mol. The lowest BCUT2D eigenvalue weighted by Gasteiger charge is -2.28. The van der Waals surface area contributed by atoms with Crippen LogP contribution in [0.4, 0.5) is 0 Å². The second-order valence-electron chi connectivity index (χ2n) is 5.14. The van der Waals surface area contributed by atoms with E-state index in [9.17, 15) is 9.90 Å². The summed E-state index contributed by atoms with van der Waals surface area (Å²) in [5.41, 5.74) is -0.0506. The number of nitrogens with zero attached hydrogens (tertiary/aromatic N) is 1. The molecule has 18 heavy (non-hydrogen) atoms. The summed E-state index contributed by atoms with van der Waals surface area (Å²) in [7, 11) is 1.74. The number of carbonyl (C=O) groups is 1. The molecule has 0 spiro atoms. The standard InChI is InChI=1S/C14H19NO2S/c1-15(10-14(17)8-2-3-9-14)13(16)11-4-6-12(18)7-5-11/h4-7,17-18H,2-3,8-10H2,1H3. The minimum absolute atomic E-state index is 0.0522. The van der Waals surface area contributed by atoms with Crippen molar-refractivity contribution in [1.29, 1.82) is 0 Å². The molecule has 0 unspecified atom stereocenters. The van der Waals surface area contributed by atoms with Crippen LogP contribution in [-0.2, 0) is 0 Å². The van der Waals surface area contributed by atoms with E-state index in [0.717, 1.165) is 30.6 Å². The van der Waals surface area contributed by atoms with Crippen molar-refractivity contribution in [1.82, 2.24) is 4.90 Å². The summed E-state index contributed by atoms with van der Waals surface area (Å²) < 4.78 is 0. The van der Waals surface area contributed by atoms with Crippen LogP contribution in [0, 0.1) is 0 Å². The Hall–Kier alpha value is -1.00. The van der Waals surface area contributed by atoms with Gasteiger partial charge in [0.05, 0.1) is 5.60 Å². The Morgan fingerprint density at radius 1 is 1.33 bits per heavy atom. The molecule has 3 nitrogen and oxygen atoms in total. The van der Waals surface area contributed by atoms with Crippen LogP contribution in [0.25, 0.3) is 0 Å². The number of thiol groups is 1. The number of aliphatic hydroxyl groups is 1. The highest BCUT2D eigenvalue weighted by Gasteiger charge is 2.33. The van der Waals surface area contributed by atoms with Gasteiger partial charge in [0.1, 0.15) is 0 Å². The first kappa shape index (κ1) is 13.4. The van der Waals surface area contributed by atoms with E-state index in [1.807, 2.05) is 0 Å². The van der Waals surface area contributed by atoms with Gasteiger partial charge >= 0.3 is 0 Å². The van der Waals surface area contributed by atoms with Gasteiger partial charge in [-0.1, -0.05) is 12.8 Å². The van der Waals surface area contributed by atoms with Gasteiger partial charge in [0, 0.05) is 24.1 Å². The van der Waals surface area contributed by atoms with Crippen LogP contribution in [0.15, 0.2) is 29.2 Å². The van der Waals surface area contributed by atoms with Gasteiger partial charge in [0.15, 0.2) is 0 Å². The van der Waals surface area contributed by atoms with Crippen LogP contribution in [0.5, 0.6) is 0 Å². The molecule has 0 aromatic heterocycles. The smallest absolute Gasteiger partial charge is 0.253 e. The second kappa shape index (κ2) is 5.33. The number of benzene rings is 1. The van der Waals surface area contributed by atoms with E-state index in [1.54, 1.807) is 36.2 Å². The fraction of sp³-hybridized carbons (Fsp3) is 0.500. The Bertz CT molecular complexity index is 424. The molecule has 0 heterocycles. The quantitative estimate of drug-likeness (QED) is 0.824. The van der Waals surface area contributed by atoms with Gasteiger partial charge in [-0.25, -0.2) is 0 Å². The van der Waals surface area contributed by atoms with Gasteiger partial charge in [-0.05, 0) is 37.1 Å². The van der Waals surface area contributed by atoms with Gasteiger partial charge in [0.25, 0.3) is 5.91 Å². The summed E-state index contributed by atoms with van der Waals surface area (Å²) in [5.74, 6) is -0.0522. The molecule has 0 saturated heterocycles. The first-order valence-electron chi connectivity index (χ1n) is 6.27. The molecule has 1 fully saturated rings. The van der Waals surface area contributed by atoms with E-state index >= 15 is 0 Å². The summed E-state index contributed by atoms with van der Waals surface area (Å²) in [5, 5.41) is 10.3.